The Balaban J connectivity index is 2.94. The van der Waals surface area contributed by atoms with E-state index in [1.54, 1.807) is 13.3 Å². The first-order valence-corrected chi connectivity index (χ1v) is 4.25. The number of hydrogen-bond donors (Lipinski definition) is 1. The average molecular weight is 181 g/mol. The SMILES string of the molecule is COc1cnc(C)nc1CC(C)N. The maximum absolute atomic E-state index is 5.68. The van der Waals surface area contributed by atoms with Crippen molar-refractivity contribution >= 4 is 0 Å². The normalized spacial score (nSPS) is 12.6. The third kappa shape index (κ3) is 2.66. The van der Waals surface area contributed by atoms with Gasteiger partial charge in [-0.3, -0.25) is 0 Å². The third-order valence-corrected chi connectivity index (χ3v) is 1.69. The van der Waals surface area contributed by atoms with Gasteiger partial charge in [-0.2, -0.15) is 0 Å². The Morgan fingerprint density at radius 3 is 2.85 bits per heavy atom. The van der Waals surface area contributed by atoms with Crippen LogP contribution in [0.5, 0.6) is 5.75 Å². The van der Waals surface area contributed by atoms with Crippen LogP contribution in [0.3, 0.4) is 0 Å². The largest absolute Gasteiger partial charge is 0.493 e. The summed E-state index contributed by atoms with van der Waals surface area (Å²) < 4.78 is 5.12. The van der Waals surface area contributed by atoms with E-state index in [1.807, 2.05) is 13.8 Å². The fourth-order valence-electron chi connectivity index (χ4n) is 1.13. The van der Waals surface area contributed by atoms with Crippen molar-refractivity contribution in [2.45, 2.75) is 26.3 Å². The summed E-state index contributed by atoms with van der Waals surface area (Å²) in [4.78, 5) is 8.31. The molecular formula is C9H15N3O. The molecule has 1 rings (SSSR count). The second-order valence-electron chi connectivity index (χ2n) is 3.11. The number of hydrogen-bond acceptors (Lipinski definition) is 4. The van der Waals surface area contributed by atoms with Crippen LogP contribution in [-0.2, 0) is 6.42 Å². The zero-order chi connectivity index (χ0) is 9.84. The summed E-state index contributed by atoms with van der Waals surface area (Å²) in [6.45, 7) is 3.79. The van der Waals surface area contributed by atoms with Gasteiger partial charge >= 0.3 is 0 Å². The lowest BCUT2D eigenvalue weighted by Crippen LogP contribution is -2.19. The maximum Gasteiger partial charge on any atom is 0.158 e. The molecule has 1 atom stereocenters. The van der Waals surface area contributed by atoms with E-state index < -0.39 is 0 Å². The van der Waals surface area contributed by atoms with Crippen molar-refractivity contribution in [3.63, 3.8) is 0 Å². The minimum atomic E-state index is 0.0863. The zero-order valence-corrected chi connectivity index (χ0v) is 8.24. The number of ether oxygens (including phenoxy) is 1. The fraction of sp³-hybridized carbons (Fsp3) is 0.556. The molecule has 0 aliphatic rings. The molecular weight excluding hydrogens is 166 g/mol. The van der Waals surface area contributed by atoms with Gasteiger partial charge in [-0.1, -0.05) is 0 Å². The fourth-order valence-corrected chi connectivity index (χ4v) is 1.13. The van der Waals surface area contributed by atoms with Crippen molar-refractivity contribution in [1.29, 1.82) is 0 Å². The van der Waals surface area contributed by atoms with Crippen LogP contribution in [0.2, 0.25) is 0 Å². The van der Waals surface area contributed by atoms with Gasteiger partial charge < -0.3 is 10.5 Å². The summed E-state index contributed by atoms with van der Waals surface area (Å²) in [5.41, 5.74) is 6.56. The Bertz CT molecular complexity index is 286. The molecule has 1 aromatic rings. The van der Waals surface area contributed by atoms with Gasteiger partial charge in [0.05, 0.1) is 19.0 Å². The number of nitrogens with two attached hydrogens (primary N) is 1. The molecule has 0 bridgehead atoms. The molecule has 0 aliphatic heterocycles. The van der Waals surface area contributed by atoms with Gasteiger partial charge in [-0.15, -0.1) is 0 Å². The van der Waals surface area contributed by atoms with Crippen molar-refractivity contribution in [3.8, 4) is 5.75 Å². The van der Waals surface area contributed by atoms with E-state index in [1.165, 1.54) is 0 Å². The smallest absolute Gasteiger partial charge is 0.158 e. The van der Waals surface area contributed by atoms with Crippen LogP contribution in [0, 0.1) is 6.92 Å². The minimum absolute atomic E-state index is 0.0863. The summed E-state index contributed by atoms with van der Waals surface area (Å²) in [5, 5.41) is 0. The second kappa shape index (κ2) is 4.18. The van der Waals surface area contributed by atoms with E-state index in [0.717, 1.165) is 11.5 Å². The molecule has 0 aliphatic carbocycles. The Kier molecular flexibility index (Phi) is 3.19. The van der Waals surface area contributed by atoms with Crippen LogP contribution >= 0.6 is 0 Å². The number of rotatable bonds is 3. The molecule has 0 saturated carbocycles. The molecule has 0 aromatic carbocycles. The molecule has 0 saturated heterocycles. The molecule has 72 valence electrons. The van der Waals surface area contributed by atoms with Gasteiger partial charge in [0.15, 0.2) is 5.75 Å². The van der Waals surface area contributed by atoms with Crippen LogP contribution in [0.4, 0.5) is 0 Å². The first-order valence-electron chi connectivity index (χ1n) is 4.25. The minimum Gasteiger partial charge on any atom is -0.493 e. The Labute approximate surface area is 78.1 Å². The highest BCUT2D eigenvalue weighted by atomic mass is 16.5. The van der Waals surface area contributed by atoms with E-state index in [-0.39, 0.29) is 6.04 Å². The standard InChI is InChI=1S/C9H15N3O/c1-6(10)4-8-9(13-3)5-11-7(2)12-8/h5-6H,4,10H2,1-3H3. The first kappa shape index (κ1) is 9.92. The Morgan fingerprint density at radius 1 is 1.62 bits per heavy atom. The molecule has 13 heavy (non-hydrogen) atoms. The number of aromatic nitrogens is 2. The molecule has 0 radical (unpaired) electrons. The molecule has 1 aromatic heterocycles. The van der Waals surface area contributed by atoms with Crippen molar-refractivity contribution in [1.82, 2.24) is 9.97 Å². The highest BCUT2D eigenvalue weighted by Crippen LogP contribution is 2.15. The van der Waals surface area contributed by atoms with Crippen LogP contribution in [0.1, 0.15) is 18.4 Å². The van der Waals surface area contributed by atoms with E-state index >= 15 is 0 Å². The molecule has 1 heterocycles. The van der Waals surface area contributed by atoms with Crippen molar-refractivity contribution in [2.24, 2.45) is 5.73 Å². The summed E-state index contributed by atoms with van der Waals surface area (Å²) in [5.74, 6) is 1.46. The van der Waals surface area contributed by atoms with Gasteiger partial charge in [0, 0.05) is 12.5 Å². The van der Waals surface area contributed by atoms with Crippen molar-refractivity contribution in [3.05, 3.63) is 17.7 Å². The van der Waals surface area contributed by atoms with E-state index in [2.05, 4.69) is 9.97 Å². The second-order valence-corrected chi connectivity index (χ2v) is 3.11. The average Bonchev–Trinajstić information content (AvgIpc) is 2.03. The van der Waals surface area contributed by atoms with Crippen LogP contribution in [-0.4, -0.2) is 23.1 Å². The van der Waals surface area contributed by atoms with Gasteiger partial charge in [0.1, 0.15) is 5.82 Å². The monoisotopic (exact) mass is 181 g/mol. The molecule has 4 heteroatoms. The van der Waals surface area contributed by atoms with Crippen LogP contribution in [0.15, 0.2) is 6.20 Å². The first-order chi connectivity index (χ1) is 6.13. The predicted molar refractivity (Wildman–Crippen MR) is 50.7 cm³/mol. The van der Waals surface area contributed by atoms with Gasteiger partial charge in [0.25, 0.3) is 0 Å². The quantitative estimate of drug-likeness (QED) is 0.745. The van der Waals surface area contributed by atoms with Crippen molar-refractivity contribution in [2.75, 3.05) is 7.11 Å². The molecule has 2 N–H and O–H groups in total. The molecule has 0 fully saturated rings. The van der Waals surface area contributed by atoms with Gasteiger partial charge in [-0.25, -0.2) is 9.97 Å². The van der Waals surface area contributed by atoms with E-state index in [9.17, 15) is 0 Å². The summed E-state index contributed by atoms with van der Waals surface area (Å²) in [6, 6.07) is 0.0863. The lowest BCUT2D eigenvalue weighted by molar-refractivity contribution is 0.402. The van der Waals surface area contributed by atoms with Gasteiger partial charge in [0.2, 0.25) is 0 Å². The summed E-state index contributed by atoms with van der Waals surface area (Å²) in [7, 11) is 1.61. The highest BCUT2D eigenvalue weighted by Gasteiger charge is 2.07. The molecule has 0 spiro atoms. The lowest BCUT2D eigenvalue weighted by atomic mass is 10.2. The highest BCUT2D eigenvalue weighted by molar-refractivity contribution is 5.25. The van der Waals surface area contributed by atoms with Gasteiger partial charge in [-0.05, 0) is 13.8 Å². The maximum atomic E-state index is 5.68. The Morgan fingerprint density at radius 2 is 2.31 bits per heavy atom. The predicted octanol–water partition coefficient (Wildman–Crippen LogP) is 0.683. The van der Waals surface area contributed by atoms with E-state index in [0.29, 0.717) is 12.2 Å². The summed E-state index contributed by atoms with van der Waals surface area (Å²) >= 11 is 0. The lowest BCUT2D eigenvalue weighted by Gasteiger charge is -2.09. The molecule has 1 unspecified atom stereocenters. The number of methoxy groups -OCH3 is 1. The number of nitrogens with zero attached hydrogens (tertiary/aromatic N) is 2. The topological polar surface area (TPSA) is 61.0 Å². The van der Waals surface area contributed by atoms with Crippen LogP contribution < -0.4 is 10.5 Å². The Hall–Kier alpha value is -1.16. The zero-order valence-electron chi connectivity index (χ0n) is 8.24. The van der Waals surface area contributed by atoms with Crippen molar-refractivity contribution < 1.29 is 4.74 Å². The summed E-state index contributed by atoms with van der Waals surface area (Å²) in [6.07, 6.45) is 2.40. The molecule has 0 amide bonds. The third-order valence-electron chi connectivity index (χ3n) is 1.69. The number of aryl methyl sites for hydroxylation is 1. The molecule has 4 nitrogen and oxygen atoms in total. The van der Waals surface area contributed by atoms with E-state index in [4.69, 9.17) is 10.5 Å². The van der Waals surface area contributed by atoms with Crippen LogP contribution in [0.25, 0.3) is 0 Å².